The highest BCUT2D eigenvalue weighted by molar-refractivity contribution is 5.76. The van der Waals surface area contributed by atoms with E-state index >= 15 is 0 Å². The molecular weight excluding hydrogens is 358 g/mol. The SMILES string of the molecule is CCCCCCCCCCCCCCCCCCCCCCCCCC(=O)N[O-]. The average Bonchev–Trinajstić information content (AvgIpc) is 2.74. The van der Waals surface area contributed by atoms with Gasteiger partial charge in [0.1, 0.15) is 0 Å². The molecule has 0 aliphatic heterocycles. The quantitative estimate of drug-likeness (QED) is 0.127. The van der Waals surface area contributed by atoms with Crippen LogP contribution in [0.4, 0.5) is 0 Å². The van der Waals surface area contributed by atoms with Crippen molar-refractivity contribution >= 4 is 5.91 Å². The molecule has 0 radical (unpaired) electrons. The molecule has 0 aliphatic rings. The summed E-state index contributed by atoms with van der Waals surface area (Å²) in [5.74, 6) is -0.367. The molecule has 0 saturated carbocycles. The molecule has 0 aromatic heterocycles. The van der Waals surface area contributed by atoms with Gasteiger partial charge in [-0.1, -0.05) is 148 Å². The molecule has 29 heavy (non-hydrogen) atoms. The van der Waals surface area contributed by atoms with Gasteiger partial charge in [-0.15, -0.1) is 0 Å². The fourth-order valence-corrected chi connectivity index (χ4v) is 4.12. The lowest BCUT2D eigenvalue weighted by Crippen LogP contribution is -2.14. The van der Waals surface area contributed by atoms with Gasteiger partial charge in [0, 0.05) is 6.42 Å². The van der Waals surface area contributed by atoms with Crippen LogP contribution in [-0.4, -0.2) is 5.91 Å². The summed E-state index contributed by atoms with van der Waals surface area (Å²) in [4.78, 5) is 10.8. The summed E-state index contributed by atoms with van der Waals surface area (Å²) in [7, 11) is 0. The van der Waals surface area contributed by atoms with E-state index in [2.05, 4.69) is 6.92 Å². The minimum Gasteiger partial charge on any atom is -0.759 e. The van der Waals surface area contributed by atoms with E-state index in [1.54, 1.807) is 0 Å². The molecule has 1 amide bonds. The maximum absolute atomic E-state index is 10.8. The topological polar surface area (TPSA) is 52.2 Å². The third-order valence-electron chi connectivity index (χ3n) is 6.12. The van der Waals surface area contributed by atoms with Crippen LogP contribution in [0.25, 0.3) is 0 Å². The van der Waals surface area contributed by atoms with Gasteiger partial charge < -0.3 is 10.7 Å². The lowest BCUT2D eigenvalue weighted by molar-refractivity contribution is -0.120. The van der Waals surface area contributed by atoms with Crippen LogP contribution < -0.4 is 5.48 Å². The molecule has 3 heteroatoms. The summed E-state index contributed by atoms with van der Waals surface area (Å²) in [5.41, 5.74) is 1.44. The summed E-state index contributed by atoms with van der Waals surface area (Å²) < 4.78 is 0. The van der Waals surface area contributed by atoms with E-state index in [4.69, 9.17) is 0 Å². The summed E-state index contributed by atoms with van der Waals surface area (Å²) in [6.07, 6.45) is 31.9. The summed E-state index contributed by atoms with van der Waals surface area (Å²) in [6, 6.07) is 0. The van der Waals surface area contributed by atoms with Crippen LogP contribution in [0.15, 0.2) is 0 Å². The molecule has 0 bridgehead atoms. The van der Waals surface area contributed by atoms with Crippen molar-refractivity contribution in [2.45, 2.75) is 161 Å². The van der Waals surface area contributed by atoms with Crippen LogP contribution in [0.5, 0.6) is 0 Å². The van der Waals surface area contributed by atoms with Gasteiger partial charge in [0.05, 0.1) is 0 Å². The van der Waals surface area contributed by atoms with Crippen molar-refractivity contribution in [1.82, 2.24) is 5.48 Å². The number of hydrogen-bond acceptors (Lipinski definition) is 2. The van der Waals surface area contributed by atoms with Gasteiger partial charge in [-0.3, -0.25) is 4.79 Å². The smallest absolute Gasteiger partial charge is 0.209 e. The van der Waals surface area contributed by atoms with Gasteiger partial charge in [-0.25, -0.2) is 0 Å². The number of rotatable bonds is 24. The zero-order valence-electron chi connectivity index (χ0n) is 19.8. The van der Waals surface area contributed by atoms with Crippen LogP contribution in [-0.2, 0) is 4.79 Å². The molecule has 0 saturated heterocycles. The minimum absolute atomic E-state index is 0.367. The molecule has 0 aromatic rings. The Labute approximate surface area is 182 Å². The fourth-order valence-electron chi connectivity index (χ4n) is 4.12. The number of hydrogen-bond donors (Lipinski definition) is 1. The predicted molar refractivity (Wildman–Crippen MR) is 128 cm³/mol. The third kappa shape index (κ3) is 25.4. The molecule has 0 spiro atoms. The van der Waals surface area contributed by atoms with Crippen molar-refractivity contribution < 1.29 is 4.79 Å². The third-order valence-corrected chi connectivity index (χ3v) is 6.12. The molecule has 0 aromatic carbocycles. The number of unbranched alkanes of at least 4 members (excludes halogenated alkanes) is 22. The Bertz CT molecular complexity index is 320. The van der Waals surface area contributed by atoms with Crippen LogP contribution in [0, 0.1) is 5.21 Å². The van der Waals surface area contributed by atoms with Crippen LogP contribution in [0.2, 0.25) is 0 Å². The average molecular weight is 411 g/mol. The highest BCUT2D eigenvalue weighted by atomic mass is 16.5. The number of amides is 1. The van der Waals surface area contributed by atoms with Gasteiger partial charge >= 0.3 is 0 Å². The first kappa shape index (κ1) is 28.4. The van der Waals surface area contributed by atoms with Crippen LogP contribution >= 0.6 is 0 Å². The molecule has 0 rings (SSSR count). The van der Waals surface area contributed by atoms with Crippen LogP contribution in [0.3, 0.4) is 0 Å². The number of hydroxylamine groups is 1. The van der Waals surface area contributed by atoms with Crippen molar-refractivity contribution in [3.8, 4) is 0 Å². The number of nitrogens with one attached hydrogen (secondary N) is 1. The van der Waals surface area contributed by atoms with Gasteiger partial charge in [0.25, 0.3) is 0 Å². The maximum atomic E-state index is 10.8. The van der Waals surface area contributed by atoms with E-state index in [1.807, 2.05) is 0 Å². The van der Waals surface area contributed by atoms with E-state index in [1.165, 1.54) is 140 Å². The van der Waals surface area contributed by atoms with Crippen molar-refractivity contribution in [2.75, 3.05) is 0 Å². The number of carbonyl (C=O) groups is 1. The second-order valence-electron chi connectivity index (χ2n) is 9.05. The first-order valence-electron chi connectivity index (χ1n) is 13.2. The Morgan fingerprint density at radius 3 is 0.966 bits per heavy atom. The van der Waals surface area contributed by atoms with Crippen molar-refractivity contribution in [3.05, 3.63) is 5.21 Å². The van der Waals surface area contributed by atoms with E-state index in [9.17, 15) is 10.0 Å². The predicted octanol–water partition coefficient (Wildman–Crippen LogP) is 8.98. The fraction of sp³-hybridized carbons (Fsp3) is 0.962. The first-order chi connectivity index (χ1) is 14.3. The summed E-state index contributed by atoms with van der Waals surface area (Å²) >= 11 is 0. The summed E-state index contributed by atoms with van der Waals surface area (Å²) in [5, 5.41) is 10.1. The lowest BCUT2D eigenvalue weighted by Gasteiger charge is -2.06. The summed E-state index contributed by atoms with van der Waals surface area (Å²) in [6.45, 7) is 2.29. The number of carbonyl (C=O) groups excluding carboxylic acids is 1. The molecule has 0 heterocycles. The standard InChI is InChI=1S/C26H52NO2/c1-2-3-4-5-6-7-8-9-10-11-12-13-14-15-16-17-18-19-20-21-22-23-24-25-26(28)27-29/h2-25H2,1H3,(H-,27,28,29)/q-1. The highest BCUT2D eigenvalue weighted by Crippen LogP contribution is 2.15. The molecule has 0 fully saturated rings. The Kier molecular flexibility index (Phi) is 25.0. The first-order valence-corrected chi connectivity index (χ1v) is 13.2. The normalized spacial score (nSPS) is 11.1. The monoisotopic (exact) mass is 410 g/mol. The molecule has 1 N–H and O–H groups in total. The zero-order chi connectivity index (χ0) is 21.3. The lowest BCUT2D eigenvalue weighted by atomic mass is 10.0. The zero-order valence-corrected chi connectivity index (χ0v) is 19.8. The minimum atomic E-state index is -0.367. The van der Waals surface area contributed by atoms with Gasteiger partial charge in [-0.2, -0.15) is 0 Å². The molecule has 174 valence electrons. The molecule has 0 unspecified atom stereocenters. The van der Waals surface area contributed by atoms with Crippen molar-refractivity contribution in [3.63, 3.8) is 0 Å². The Morgan fingerprint density at radius 1 is 0.483 bits per heavy atom. The molecular formula is C26H52NO2-. The molecule has 3 nitrogen and oxygen atoms in total. The van der Waals surface area contributed by atoms with E-state index < -0.39 is 0 Å². The highest BCUT2D eigenvalue weighted by Gasteiger charge is 1.97. The van der Waals surface area contributed by atoms with E-state index in [0.29, 0.717) is 6.42 Å². The Morgan fingerprint density at radius 2 is 0.724 bits per heavy atom. The van der Waals surface area contributed by atoms with E-state index in [0.717, 1.165) is 12.8 Å². The van der Waals surface area contributed by atoms with Gasteiger partial charge in [0.2, 0.25) is 5.91 Å². The second-order valence-corrected chi connectivity index (χ2v) is 9.05. The van der Waals surface area contributed by atoms with E-state index in [-0.39, 0.29) is 5.91 Å². The largest absolute Gasteiger partial charge is 0.759 e. The Balaban J connectivity index is 3.01. The maximum Gasteiger partial charge on any atom is 0.209 e. The van der Waals surface area contributed by atoms with Crippen molar-refractivity contribution in [1.29, 1.82) is 0 Å². The Hall–Kier alpha value is -0.570. The molecule has 0 aliphatic carbocycles. The van der Waals surface area contributed by atoms with Gasteiger partial charge in [0.15, 0.2) is 0 Å². The molecule has 0 atom stereocenters. The van der Waals surface area contributed by atoms with Crippen LogP contribution in [0.1, 0.15) is 161 Å². The van der Waals surface area contributed by atoms with Gasteiger partial charge in [-0.05, 0) is 6.42 Å². The second kappa shape index (κ2) is 25.5. The van der Waals surface area contributed by atoms with Crippen molar-refractivity contribution in [2.24, 2.45) is 0 Å².